The molecule has 0 saturated carbocycles. The van der Waals surface area contributed by atoms with Gasteiger partial charge in [-0.2, -0.15) is 0 Å². The van der Waals surface area contributed by atoms with E-state index >= 15 is 0 Å². The fraction of sp³-hybridized carbons (Fsp3) is 0.0625. The Morgan fingerprint density at radius 1 is 1.05 bits per heavy atom. The quantitative estimate of drug-likeness (QED) is 0.851. The van der Waals surface area contributed by atoms with Gasteiger partial charge in [-0.1, -0.05) is 30.3 Å². The first-order valence-electron chi connectivity index (χ1n) is 6.10. The summed E-state index contributed by atoms with van der Waals surface area (Å²) in [5.74, 6) is -1.04. The number of carbonyl (C=O) groups is 1. The summed E-state index contributed by atoms with van der Waals surface area (Å²) in [7, 11) is 0. The number of halogens is 2. The zero-order valence-corrected chi connectivity index (χ0v) is 10.6. The average Bonchev–Trinajstić information content (AvgIpc) is 2.46. The number of hydrogen-bond acceptors (Lipinski definition) is 1. The smallest absolute Gasteiger partial charge is 0.244 e. The standard InChI is InChI=1S/C16H13F2NO/c17-14-8-5-12(6-9-14)11-19-16(20)10-7-13-3-1-2-4-15(13)18/h1-10H,11H2,(H,19,20)/b10-7+. The molecule has 0 atom stereocenters. The normalized spacial score (nSPS) is 10.7. The van der Waals surface area contributed by atoms with Gasteiger partial charge in [-0.25, -0.2) is 8.78 Å². The lowest BCUT2D eigenvalue weighted by Crippen LogP contribution is -2.20. The van der Waals surface area contributed by atoms with Crippen molar-refractivity contribution in [3.8, 4) is 0 Å². The van der Waals surface area contributed by atoms with E-state index in [-0.39, 0.29) is 17.5 Å². The first-order valence-corrected chi connectivity index (χ1v) is 6.10. The second-order valence-electron chi connectivity index (χ2n) is 4.20. The highest BCUT2D eigenvalue weighted by Gasteiger charge is 1.99. The van der Waals surface area contributed by atoms with Crippen molar-refractivity contribution in [2.45, 2.75) is 6.54 Å². The third-order valence-electron chi connectivity index (χ3n) is 2.70. The maximum absolute atomic E-state index is 13.3. The van der Waals surface area contributed by atoms with Crippen LogP contribution in [0, 0.1) is 11.6 Å². The Hall–Kier alpha value is -2.49. The second kappa shape index (κ2) is 6.61. The summed E-state index contributed by atoms with van der Waals surface area (Å²) in [5, 5.41) is 2.64. The maximum Gasteiger partial charge on any atom is 0.244 e. The minimum Gasteiger partial charge on any atom is -0.348 e. The van der Waals surface area contributed by atoms with Crippen LogP contribution in [0.15, 0.2) is 54.6 Å². The van der Waals surface area contributed by atoms with E-state index in [2.05, 4.69) is 5.32 Å². The Morgan fingerprint density at radius 2 is 1.75 bits per heavy atom. The van der Waals surface area contributed by atoms with Crippen LogP contribution in [0.25, 0.3) is 6.08 Å². The molecule has 2 aromatic rings. The molecule has 2 nitrogen and oxygen atoms in total. The van der Waals surface area contributed by atoms with Crippen LogP contribution in [0.4, 0.5) is 8.78 Å². The van der Waals surface area contributed by atoms with Gasteiger partial charge >= 0.3 is 0 Å². The predicted octanol–water partition coefficient (Wildman–Crippen LogP) is 3.29. The highest BCUT2D eigenvalue weighted by molar-refractivity contribution is 5.91. The molecule has 2 rings (SSSR count). The molecule has 0 aliphatic rings. The van der Waals surface area contributed by atoms with Gasteiger partial charge in [0.05, 0.1) is 0 Å². The van der Waals surface area contributed by atoms with E-state index in [0.717, 1.165) is 5.56 Å². The van der Waals surface area contributed by atoms with Crippen molar-refractivity contribution < 1.29 is 13.6 Å². The van der Waals surface area contributed by atoms with Crippen molar-refractivity contribution in [3.63, 3.8) is 0 Å². The van der Waals surface area contributed by atoms with Gasteiger partial charge in [0.1, 0.15) is 11.6 Å². The summed E-state index contributed by atoms with van der Waals surface area (Å²) in [5.41, 5.74) is 1.14. The minimum absolute atomic E-state index is 0.292. The Labute approximate surface area is 115 Å². The van der Waals surface area contributed by atoms with Gasteiger partial charge in [0.2, 0.25) is 5.91 Å². The third-order valence-corrected chi connectivity index (χ3v) is 2.70. The van der Waals surface area contributed by atoms with Crippen LogP contribution in [0.5, 0.6) is 0 Å². The lowest BCUT2D eigenvalue weighted by atomic mass is 10.2. The molecule has 0 unspecified atom stereocenters. The van der Waals surface area contributed by atoms with Crippen molar-refractivity contribution in [2.75, 3.05) is 0 Å². The summed E-state index contributed by atoms with van der Waals surface area (Å²) < 4.78 is 26.0. The average molecular weight is 273 g/mol. The summed E-state index contributed by atoms with van der Waals surface area (Å²) in [6.07, 6.45) is 2.68. The van der Waals surface area contributed by atoms with Crippen LogP contribution in [0.1, 0.15) is 11.1 Å². The number of nitrogens with one attached hydrogen (secondary N) is 1. The van der Waals surface area contributed by atoms with Crippen molar-refractivity contribution in [3.05, 3.63) is 77.4 Å². The lowest BCUT2D eigenvalue weighted by Gasteiger charge is -2.02. The lowest BCUT2D eigenvalue weighted by molar-refractivity contribution is -0.116. The number of hydrogen-bond donors (Lipinski definition) is 1. The fourth-order valence-corrected chi connectivity index (χ4v) is 1.63. The van der Waals surface area contributed by atoms with Crippen molar-refractivity contribution in [2.24, 2.45) is 0 Å². The Morgan fingerprint density at radius 3 is 2.45 bits per heavy atom. The maximum atomic E-state index is 13.3. The van der Waals surface area contributed by atoms with Crippen molar-refractivity contribution in [1.82, 2.24) is 5.32 Å². The molecule has 1 N–H and O–H groups in total. The molecule has 0 aliphatic carbocycles. The molecule has 2 aromatic carbocycles. The minimum atomic E-state index is -0.380. The molecule has 0 heterocycles. The van der Waals surface area contributed by atoms with Gasteiger partial charge in [-0.05, 0) is 29.8 Å². The number of amides is 1. The van der Waals surface area contributed by atoms with E-state index < -0.39 is 0 Å². The largest absolute Gasteiger partial charge is 0.348 e. The first kappa shape index (κ1) is 13.9. The molecule has 0 aliphatic heterocycles. The van der Waals surface area contributed by atoms with Gasteiger partial charge in [-0.15, -0.1) is 0 Å². The zero-order valence-electron chi connectivity index (χ0n) is 10.6. The van der Waals surface area contributed by atoms with Crippen LogP contribution >= 0.6 is 0 Å². The molecule has 1 amide bonds. The van der Waals surface area contributed by atoms with E-state index in [1.54, 1.807) is 30.3 Å². The molecule has 4 heteroatoms. The van der Waals surface area contributed by atoms with Crippen LogP contribution in [0.3, 0.4) is 0 Å². The van der Waals surface area contributed by atoms with Crippen LogP contribution in [0.2, 0.25) is 0 Å². The van der Waals surface area contributed by atoms with E-state index in [9.17, 15) is 13.6 Å². The number of carbonyl (C=O) groups excluding carboxylic acids is 1. The monoisotopic (exact) mass is 273 g/mol. The van der Waals surface area contributed by atoms with E-state index in [1.807, 2.05) is 0 Å². The summed E-state index contributed by atoms with van der Waals surface area (Å²) in [4.78, 5) is 11.6. The number of rotatable bonds is 4. The number of benzene rings is 2. The highest BCUT2D eigenvalue weighted by Crippen LogP contribution is 2.08. The third kappa shape index (κ3) is 4.02. The Bertz CT molecular complexity index is 621. The molecule has 0 saturated heterocycles. The van der Waals surface area contributed by atoms with E-state index in [1.165, 1.54) is 30.4 Å². The molecule has 102 valence electrons. The second-order valence-corrected chi connectivity index (χ2v) is 4.20. The Kier molecular flexibility index (Phi) is 4.60. The van der Waals surface area contributed by atoms with Gasteiger partial charge in [-0.3, -0.25) is 4.79 Å². The summed E-state index contributed by atoms with van der Waals surface area (Å²) in [6.45, 7) is 0.292. The molecule has 0 aromatic heterocycles. The molecular formula is C16H13F2NO. The summed E-state index contributed by atoms with van der Waals surface area (Å²) in [6, 6.07) is 12.0. The molecule has 20 heavy (non-hydrogen) atoms. The zero-order chi connectivity index (χ0) is 14.4. The highest BCUT2D eigenvalue weighted by atomic mass is 19.1. The summed E-state index contributed by atoms with van der Waals surface area (Å²) >= 11 is 0. The fourth-order valence-electron chi connectivity index (χ4n) is 1.63. The molecule has 0 radical (unpaired) electrons. The van der Waals surface area contributed by atoms with Crippen molar-refractivity contribution >= 4 is 12.0 Å². The van der Waals surface area contributed by atoms with Crippen LogP contribution in [-0.2, 0) is 11.3 Å². The Balaban J connectivity index is 1.90. The van der Waals surface area contributed by atoms with E-state index in [0.29, 0.717) is 12.1 Å². The van der Waals surface area contributed by atoms with Crippen LogP contribution < -0.4 is 5.32 Å². The van der Waals surface area contributed by atoms with Gasteiger partial charge < -0.3 is 5.32 Å². The molecule has 0 bridgehead atoms. The predicted molar refractivity (Wildman–Crippen MR) is 73.7 cm³/mol. The first-order chi connectivity index (χ1) is 9.65. The topological polar surface area (TPSA) is 29.1 Å². The van der Waals surface area contributed by atoms with Crippen molar-refractivity contribution in [1.29, 1.82) is 0 Å². The van der Waals surface area contributed by atoms with Gasteiger partial charge in [0, 0.05) is 18.2 Å². The van der Waals surface area contributed by atoms with Gasteiger partial charge in [0.15, 0.2) is 0 Å². The molecule has 0 fully saturated rings. The molecule has 0 spiro atoms. The van der Waals surface area contributed by atoms with Crippen LogP contribution in [-0.4, -0.2) is 5.91 Å². The van der Waals surface area contributed by atoms with E-state index in [4.69, 9.17) is 0 Å². The van der Waals surface area contributed by atoms with Gasteiger partial charge in [0.25, 0.3) is 0 Å². The molecular weight excluding hydrogens is 260 g/mol. The SMILES string of the molecule is O=C(/C=C/c1ccccc1F)NCc1ccc(F)cc1.